The third-order valence-corrected chi connectivity index (χ3v) is 2.17. The predicted octanol–water partition coefficient (Wildman–Crippen LogP) is 2.69. The molecular formula is C13H21N3O. The summed E-state index contributed by atoms with van der Waals surface area (Å²) >= 11 is 0. The van der Waals surface area contributed by atoms with Crippen LogP contribution in [0.25, 0.3) is 0 Å². The Morgan fingerprint density at radius 1 is 1.47 bits per heavy atom. The summed E-state index contributed by atoms with van der Waals surface area (Å²) in [5, 5.41) is 3.18. The van der Waals surface area contributed by atoms with Gasteiger partial charge < -0.3 is 15.8 Å². The zero-order valence-corrected chi connectivity index (χ0v) is 10.7. The molecule has 0 spiro atoms. The Hall–Kier alpha value is -1.71. The fraction of sp³-hybridized carbons (Fsp3) is 0.462. The third kappa shape index (κ3) is 4.34. The molecule has 0 saturated carbocycles. The molecule has 17 heavy (non-hydrogen) atoms. The second-order valence-corrected chi connectivity index (χ2v) is 4.46. The quantitative estimate of drug-likeness (QED) is 0.744. The van der Waals surface area contributed by atoms with Crippen molar-refractivity contribution in [1.29, 1.82) is 0 Å². The number of rotatable bonds is 6. The summed E-state index contributed by atoms with van der Waals surface area (Å²) in [7, 11) is 0. The van der Waals surface area contributed by atoms with Gasteiger partial charge in [0.25, 0.3) is 0 Å². The van der Waals surface area contributed by atoms with Gasteiger partial charge in [-0.15, -0.1) is 6.58 Å². The van der Waals surface area contributed by atoms with Crippen LogP contribution in [0, 0.1) is 5.92 Å². The number of aromatic nitrogens is 1. The lowest BCUT2D eigenvalue weighted by Crippen LogP contribution is -2.14. The van der Waals surface area contributed by atoms with Crippen LogP contribution in [0.5, 0.6) is 5.88 Å². The summed E-state index contributed by atoms with van der Waals surface area (Å²) in [5.41, 5.74) is 6.36. The van der Waals surface area contributed by atoms with Crippen LogP contribution in [0.1, 0.15) is 20.8 Å². The first-order valence-electron chi connectivity index (χ1n) is 5.81. The Morgan fingerprint density at radius 3 is 2.76 bits per heavy atom. The second kappa shape index (κ2) is 6.13. The Kier molecular flexibility index (Phi) is 4.82. The maximum Gasteiger partial charge on any atom is 0.239 e. The van der Waals surface area contributed by atoms with Gasteiger partial charge in [-0.25, -0.2) is 0 Å². The molecule has 1 heterocycles. The average molecular weight is 235 g/mol. The van der Waals surface area contributed by atoms with Crippen LogP contribution in [0.3, 0.4) is 0 Å². The van der Waals surface area contributed by atoms with Crippen molar-refractivity contribution in [3.8, 4) is 5.88 Å². The molecule has 0 bridgehead atoms. The van der Waals surface area contributed by atoms with E-state index in [0.717, 1.165) is 5.82 Å². The highest BCUT2D eigenvalue weighted by molar-refractivity contribution is 5.54. The van der Waals surface area contributed by atoms with E-state index in [0.29, 0.717) is 24.1 Å². The van der Waals surface area contributed by atoms with E-state index in [9.17, 15) is 0 Å². The standard InChI is InChI=1S/C13H21N3O/c1-5-10(4)15-12-7-6-11(14)13(16-12)17-8-9(2)3/h5-7,9-10H,1,8,14H2,2-4H3,(H,15,16). The van der Waals surface area contributed by atoms with Gasteiger partial charge in [-0.3, -0.25) is 0 Å². The minimum absolute atomic E-state index is 0.157. The Balaban J connectivity index is 2.75. The van der Waals surface area contributed by atoms with Crippen LogP contribution < -0.4 is 15.8 Å². The first-order valence-corrected chi connectivity index (χ1v) is 5.81. The number of anilines is 2. The van der Waals surface area contributed by atoms with Crippen LogP contribution in [0.4, 0.5) is 11.5 Å². The average Bonchev–Trinajstić information content (AvgIpc) is 2.29. The van der Waals surface area contributed by atoms with E-state index in [-0.39, 0.29) is 6.04 Å². The third-order valence-electron chi connectivity index (χ3n) is 2.17. The first-order chi connectivity index (χ1) is 8.02. The molecule has 0 radical (unpaired) electrons. The zero-order chi connectivity index (χ0) is 12.8. The van der Waals surface area contributed by atoms with Gasteiger partial charge >= 0.3 is 0 Å². The molecule has 0 aliphatic heterocycles. The molecule has 1 aromatic rings. The minimum atomic E-state index is 0.157. The summed E-state index contributed by atoms with van der Waals surface area (Å²) in [6, 6.07) is 3.78. The molecular weight excluding hydrogens is 214 g/mol. The van der Waals surface area contributed by atoms with Crippen molar-refractivity contribution in [1.82, 2.24) is 4.98 Å². The minimum Gasteiger partial charge on any atom is -0.476 e. The van der Waals surface area contributed by atoms with Crippen molar-refractivity contribution in [3.63, 3.8) is 0 Å². The topological polar surface area (TPSA) is 60.2 Å². The van der Waals surface area contributed by atoms with E-state index < -0.39 is 0 Å². The number of pyridine rings is 1. The highest BCUT2D eigenvalue weighted by Gasteiger charge is 2.06. The van der Waals surface area contributed by atoms with Gasteiger partial charge in [0.15, 0.2) is 0 Å². The largest absolute Gasteiger partial charge is 0.476 e. The van der Waals surface area contributed by atoms with Crippen LogP contribution >= 0.6 is 0 Å². The van der Waals surface area contributed by atoms with Gasteiger partial charge in [-0.2, -0.15) is 4.98 Å². The van der Waals surface area contributed by atoms with Crippen LogP contribution in [-0.2, 0) is 0 Å². The number of ether oxygens (including phenoxy) is 1. The van der Waals surface area contributed by atoms with Crippen LogP contribution in [0.2, 0.25) is 0 Å². The van der Waals surface area contributed by atoms with Gasteiger partial charge in [-0.1, -0.05) is 19.9 Å². The predicted molar refractivity (Wildman–Crippen MR) is 72.3 cm³/mol. The fourth-order valence-corrected chi connectivity index (χ4v) is 1.19. The van der Waals surface area contributed by atoms with Crippen molar-refractivity contribution < 1.29 is 4.74 Å². The van der Waals surface area contributed by atoms with E-state index >= 15 is 0 Å². The van der Waals surface area contributed by atoms with Crippen molar-refractivity contribution in [2.45, 2.75) is 26.8 Å². The monoisotopic (exact) mass is 235 g/mol. The maximum absolute atomic E-state index is 5.80. The molecule has 94 valence electrons. The zero-order valence-electron chi connectivity index (χ0n) is 10.7. The van der Waals surface area contributed by atoms with Gasteiger partial charge in [0.05, 0.1) is 12.3 Å². The van der Waals surface area contributed by atoms with Crippen LogP contribution in [0.15, 0.2) is 24.8 Å². The number of nitrogen functional groups attached to an aromatic ring is 1. The number of hydrogen-bond acceptors (Lipinski definition) is 4. The number of nitrogens with two attached hydrogens (primary N) is 1. The molecule has 0 amide bonds. The van der Waals surface area contributed by atoms with Gasteiger partial charge in [0.1, 0.15) is 5.82 Å². The lowest BCUT2D eigenvalue weighted by atomic mass is 10.2. The lowest BCUT2D eigenvalue weighted by Gasteiger charge is -2.14. The molecule has 4 heteroatoms. The molecule has 0 aromatic carbocycles. The van der Waals surface area contributed by atoms with Gasteiger partial charge in [0, 0.05) is 6.04 Å². The van der Waals surface area contributed by atoms with Gasteiger partial charge in [-0.05, 0) is 25.0 Å². The highest BCUT2D eigenvalue weighted by atomic mass is 16.5. The van der Waals surface area contributed by atoms with E-state index in [4.69, 9.17) is 10.5 Å². The molecule has 1 rings (SSSR count). The Morgan fingerprint density at radius 2 is 2.18 bits per heavy atom. The summed E-state index contributed by atoms with van der Waals surface area (Å²) in [6.07, 6.45) is 1.81. The fourth-order valence-electron chi connectivity index (χ4n) is 1.19. The summed E-state index contributed by atoms with van der Waals surface area (Å²) in [5.74, 6) is 1.67. The molecule has 0 aliphatic carbocycles. The molecule has 0 aliphatic rings. The summed E-state index contributed by atoms with van der Waals surface area (Å²) in [4.78, 5) is 4.33. The second-order valence-electron chi connectivity index (χ2n) is 4.46. The molecule has 0 saturated heterocycles. The molecule has 1 aromatic heterocycles. The number of nitrogens with zero attached hydrogens (tertiary/aromatic N) is 1. The summed E-state index contributed by atoms with van der Waals surface area (Å²) < 4.78 is 5.55. The molecule has 1 atom stereocenters. The SMILES string of the molecule is C=CC(C)Nc1ccc(N)c(OCC(C)C)n1. The van der Waals surface area contributed by atoms with Crippen LogP contribution in [-0.4, -0.2) is 17.6 Å². The van der Waals surface area contributed by atoms with E-state index in [1.807, 2.05) is 19.1 Å². The molecule has 1 unspecified atom stereocenters. The van der Waals surface area contributed by atoms with E-state index in [1.165, 1.54) is 0 Å². The maximum atomic E-state index is 5.80. The molecule has 3 N–H and O–H groups in total. The smallest absolute Gasteiger partial charge is 0.239 e. The van der Waals surface area contributed by atoms with Crippen molar-refractivity contribution in [2.75, 3.05) is 17.7 Å². The van der Waals surface area contributed by atoms with Crippen molar-refractivity contribution >= 4 is 11.5 Å². The first kappa shape index (κ1) is 13.4. The molecule has 0 fully saturated rings. The van der Waals surface area contributed by atoms with E-state index in [1.54, 1.807) is 6.07 Å². The van der Waals surface area contributed by atoms with Crippen molar-refractivity contribution in [3.05, 3.63) is 24.8 Å². The lowest BCUT2D eigenvalue weighted by molar-refractivity contribution is 0.263. The molecule has 4 nitrogen and oxygen atoms in total. The highest BCUT2D eigenvalue weighted by Crippen LogP contribution is 2.21. The van der Waals surface area contributed by atoms with Gasteiger partial charge in [0.2, 0.25) is 5.88 Å². The van der Waals surface area contributed by atoms with Crippen molar-refractivity contribution in [2.24, 2.45) is 5.92 Å². The number of hydrogen-bond donors (Lipinski definition) is 2. The van der Waals surface area contributed by atoms with E-state index in [2.05, 4.69) is 30.7 Å². The number of nitrogens with one attached hydrogen (secondary N) is 1. The Labute approximate surface area is 103 Å². The Bertz CT molecular complexity index is 377. The normalized spacial score (nSPS) is 12.2. The summed E-state index contributed by atoms with van der Waals surface area (Å²) in [6.45, 7) is 10.5.